The lowest BCUT2D eigenvalue weighted by atomic mass is 10.4. The number of nitrogens with zero attached hydrogens (tertiary/aromatic N) is 3. The molecule has 68 valence electrons. The van der Waals surface area contributed by atoms with Gasteiger partial charge in [-0.2, -0.15) is 0 Å². The fourth-order valence-electron chi connectivity index (χ4n) is 1.50. The second-order valence-electron chi connectivity index (χ2n) is 2.98. The van der Waals surface area contributed by atoms with Gasteiger partial charge in [-0.3, -0.25) is 9.20 Å². The molecule has 3 rings (SSSR count). The molecular formula is C9H6N4O. The van der Waals surface area contributed by atoms with Crippen LogP contribution in [0.5, 0.6) is 0 Å². The van der Waals surface area contributed by atoms with E-state index in [9.17, 15) is 4.79 Å². The van der Waals surface area contributed by atoms with Crippen molar-refractivity contribution in [3.8, 4) is 0 Å². The molecule has 0 bridgehead atoms. The first kappa shape index (κ1) is 7.25. The van der Waals surface area contributed by atoms with E-state index < -0.39 is 0 Å². The van der Waals surface area contributed by atoms with Crippen LogP contribution in [0.15, 0.2) is 35.6 Å². The molecule has 0 spiro atoms. The highest BCUT2D eigenvalue weighted by atomic mass is 16.1. The van der Waals surface area contributed by atoms with Crippen molar-refractivity contribution in [1.82, 2.24) is 19.4 Å². The van der Waals surface area contributed by atoms with Crippen molar-refractivity contribution >= 4 is 16.7 Å². The average Bonchev–Trinajstić information content (AvgIpc) is 2.67. The van der Waals surface area contributed by atoms with E-state index in [2.05, 4.69) is 15.0 Å². The Morgan fingerprint density at radius 1 is 1.43 bits per heavy atom. The minimum Gasteiger partial charge on any atom is -0.317 e. The molecule has 0 saturated heterocycles. The van der Waals surface area contributed by atoms with Crippen molar-refractivity contribution < 1.29 is 0 Å². The predicted octanol–water partition coefficient (Wildman–Crippen LogP) is 0.571. The number of H-pyrrole nitrogens is 1. The molecule has 5 heteroatoms. The highest BCUT2D eigenvalue weighted by Crippen LogP contribution is 2.07. The molecule has 0 unspecified atom stereocenters. The van der Waals surface area contributed by atoms with E-state index in [-0.39, 0.29) is 5.56 Å². The third kappa shape index (κ3) is 0.806. The SMILES string of the molecule is O=c1[nH]c2cccnc2n2cncc12. The number of hydrogen-bond donors (Lipinski definition) is 1. The standard InChI is InChI=1S/C9H6N4O/c14-9-7-4-10-5-13(7)8-6(12-9)2-1-3-11-8/h1-5H,(H,12,14). The summed E-state index contributed by atoms with van der Waals surface area (Å²) < 4.78 is 1.67. The molecule has 0 aliphatic heterocycles. The van der Waals surface area contributed by atoms with Gasteiger partial charge in [0.25, 0.3) is 5.56 Å². The van der Waals surface area contributed by atoms with Gasteiger partial charge >= 0.3 is 0 Å². The molecule has 5 nitrogen and oxygen atoms in total. The maximum Gasteiger partial charge on any atom is 0.274 e. The van der Waals surface area contributed by atoms with Crippen LogP contribution in [0.3, 0.4) is 0 Å². The van der Waals surface area contributed by atoms with Gasteiger partial charge in [0, 0.05) is 6.20 Å². The van der Waals surface area contributed by atoms with E-state index in [0.29, 0.717) is 16.7 Å². The summed E-state index contributed by atoms with van der Waals surface area (Å²) >= 11 is 0. The minimum atomic E-state index is -0.150. The summed E-state index contributed by atoms with van der Waals surface area (Å²) in [6.45, 7) is 0. The number of rotatable bonds is 0. The summed E-state index contributed by atoms with van der Waals surface area (Å²) in [5.74, 6) is 0. The number of fused-ring (bicyclic) bond motifs is 3. The number of nitrogens with one attached hydrogen (secondary N) is 1. The Labute approximate surface area is 78.1 Å². The fraction of sp³-hybridized carbons (Fsp3) is 0. The van der Waals surface area contributed by atoms with E-state index in [0.717, 1.165) is 0 Å². The molecule has 0 aromatic carbocycles. The fourth-order valence-corrected chi connectivity index (χ4v) is 1.50. The van der Waals surface area contributed by atoms with Gasteiger partial charge < -0.3 is 4.98 Å². The summed E-state index contributed by atoms with van der Waals surface area (Å²) in [6.07, 6.45) is 4.78. The molecule has 3 heterocycles. The maximum absolute atomic E-state index is 11.5. The van der Waals surface area contributed by atoms with Crippen LogP contribution in [0.25, 0.3) is 16.7 Å². The smallest absolute Gasteiger partial charge is 0.274 e. The molecule has 0 atom stereocenters. The summed E-state index contributed by atoms with van der Waals surface area (Å²) in [5, 5.41) is 0. The lowest BCUT2D eigenvalue weighted by Gasteiger charge is -1.98. The van der Waals surface area contributed by atoms with Crippen LogP contribution < -0.4 is 5.56 Å². The second-order valence-corrected chi connectivity index (χ2v) is 2.98. The first-order valence-electron chi connectivity index (χ1n) is 4.15. The van der Waals surface area contributed by atoms with Crippen LogP contribution in [0.1, 0.15) is 0 Å². The first-order chi connectivity index (χ1) is 6.86. The van der Waals surface area contributed by atoms with Crippen molar-refractivity contribution in [3.05, 3.63) is 41.2 Å². The molecule has 3 aromatic heterocycles. The Bertz CT molecular complexity index is 667. The van der Waals surface area contributed by atoms with Gasteiger partial charge in [0.15, 0.2) is 5.65 Å². The number of aromatic nitrogens is 4. The van der Waals surface area contributed by atoms with Gasteiger partial charge in [-0.05, 0) is 12.1 Å². The largest absolute Gasteiger partial charge is 0.317 e. The minimum absolute atomic E-state index is 0.150. The van der Waals surface area contributed by atoms with Crippen LogP contribution in [-0.4, -0.2) is 19.4 Å². The van der Waals surface area contributed by atoms with E-state index in [4.69, 9.17) is 0 Å². The van der Waals surface area contributed by atoms with E-state index in [1.54, 1.807) is 23.0 Å². The zero-order valence-electron chi connectivity index (χ0n) is 7.14. The Kier molecular flexibility index (Phi) is 1.25. The van der Waals surface area contributed by atoms with Crippen molar-refractivity contribution in [2.45, 2.75) is 0 Å². The molecule has 0 aliphatic rings. The zero-order chi connectivity index (χ0) is 9.54. The first-order valence-corrected chi connectivity index (χ1v) is 4.15. The number of hydrogen-bond acceptors (Lipinski definition) is 3. The highest BCUT2D eigenvalue weighted by Gasteiger charge is 2.03. The van der Waals surface area contributed by atoms with Crippen LogP contribution in [0.2, 0.25) is 0 Å². The van der Waals surface area contributed by atoms with Crippen LogP contribution in [0, 0.1) is 0 Å². The van der Waals surface area contributed by atoms with E-state index in [1.165, 1.54) is 6.20 Å². The van der Waals surface area contributed by atoms with Gasteiger partial charge in [-0.1, -0.05) is 0 Å². The molecule has 0 aliphatic carbocycles. The highest BCUT2D eigenvalue weighted by molar-refractivity contribution is 5.73. The van der Waals surface area contributed by atoms with E-state index >= 15 is 0 Å². The van der Waals surface area contributed by atoms with Crippen LogP contribution in [-0.2, 0) is 0 Å². The summed E-state index contributed by atoms with van der Waals surface area (Å²) in [6, 6.07) is 3.59. The predicted molar refractivity (Wildman–Crippen MR) is 51.1 cm³/mol. The molecule has 14 heavy (non-hydrogen) atoms. The Balaban J connectivity index is 2.73. The Morgan fingerprint density at radius 3 is 3.29 bits per heavy atom. The van der Waals surface area contributed by atoms with Crippen LogP contribution >= 0.6 is 0 Å². The lowest BCUT2D eigenvalue weighted by Crippen LogP contribution is -2.09. The zero-order valence-corrected chi connectivity index (χ0v) is 7.14. The molecule has 0 amide bonds. The maximum atomic E-state index is 11.5. The van der Waals surface area contributed by atoms with Gasteiger partial charge in [0.1, 0.15) is 11.8 Å². The Morgan fingerprint density at radius 2 is 2.36 bits per heavy atom. The summed E-state index contributed by atoms with van der Waals surface area (Å²) in [5.41, 5.74) is 1.78. The molecule has 0 saturated carbocycles. The summed E-state index contributed by atoms with van der Waals surface area (Å²) in [4.78, 5) is 22.3. The van der Waals surface area contributed by atoms with E-state index in [1.807, 2.05) is 6.07 Å². The third-order valence-electron chi connectivity index (χ3n) is 2.13. The van der Waals surface area contributed by atoms with Gasteiger partial charge in [-0.15, -0.1) is 0 Å². The third-order valence-corrected chi connectivity index (χ3v) is 2.13. The van der Waals surface area contributed by atoms with Crippen molar-refractivity contribution in [2.24, 2.45) is 0 Å². The van der Waals surface area contributed by atoms with Gasteiger partial charge in [-0.25, -0.2) is 9.97 Å². The monoisotopic (exact) mass is 186 g/mol. The normalized spacial score (nSPS) is 11.1. The number of pyridine rings is 1. The topological polar surface area (TPSA) is 63.0 Å². The van der Waals surface area contributed by atoms with Crippen molar-refractivity contribution in [3.63, 3.8) is 0 Å². The molecule has 0 fully saturated rings. The van der Waals surface area contributed by atoms with Crippen molar-refractivity contribution in [2.75, 3.05) is 0 Å². The number of imidazole rings is 1. The molecule has 1 N–H and O–H groups in total. The second kappa shape index (κ2) is 2.41. The summed E-state index contributed by atoms with van der Waals surface area (Å²) in [7, 11) is 0. The average molecular weight is 186 g/mol. The Hall–Kier alpha value is -2.17. The lowest BCUT2D eigenvalue weighted by molar-refractivity contribution is 1.12. The molecule has 0 radical (unpaired) electrons. The van der Waals surface area contributed by atoms with Gasteiger partial charge in [0.2, 0.25) is 0 Å². The number of aromatic amines is 1. The van der Waals surface area contributed by atoms with Gasteiger partial charge in [0.05, 0.1) is 11.7 Å². The van der Waals surface area contributed by atoms with Crippen LogP contribution in [0.4, 0.5) is 0 Å². The molecule has 3 aromatic rings. The molecular weight excluding hydrogens is 180 g/mol. The van der Waals surface area contributed by atoms with Crippen molar-refractivity contribution in [1.29, 1.82) is 0 Å². The quantitative estimate of drug-likeness (QED) is 0.558.